The molecule has 1 saturated carbocycles. The molecule has 0 spiro atoms. The minimum absolute atomic E-state index is 0.0262. The van der Waals surface area contributed by atoms with Gasteiger partial charge in [-0.05, 0) is 31.0 Å². The van der Waals surface area contributed by atoms with Gasteiger partial charge in [-0.15, -0.1) is 0 Å². The number of amides is 2. The fraction of sp³-hybridized carbons (Fsp3) is 0.529. The van der Waals surface area contributed by atoms with Gasteiger partial charge in [0.15, 0.2) is 0 Å². The molecule has 1 aliphatic carbocycles. The molecule has 1 aromatic rings. The Morgan fingerprint density at radius 2 is 1.92 bits per heavy atom. The summed E-state index contributed by atoms with van der Waals surface area (Å²) in [5.41, 5.74) is -0.976. The van der Waals surface area contributed by atoms with Gasteiger partial charge in [0.1, 0.15) is 0 Å². The summed E-state index contributed by atoms with van der Waals surface area (Å²) in [6.45, 7) is 0.311. The van der Waals surface area contributed by atoms with Crippen LogP contribution in [-0.2, 0) is 15.8 Å². The SMILES string of the molecule is O=C(Nc1cc(C(F)(F)F)ccc1Cl)C1CC(=O)N(C2CCCC2)C1. The third kappa shape index (κ3) is 3.92. The lowest BCUT2D eigenvalue weighted by Crippen LogP contribution is -2.35. The minimum Gasteiger partial charge on any atom is -0.339 e. The second-order valence-corrected chi connectivity index (χ2v) is 6.97. The number of hydrogen-bond donors (Lipinski definition) is 1. The van der Waals surface area contributed by atoms with E-state index in [1.807, 2.05) is 0 Å². The molecule has 1 N–H and O–H groups in total. The van der Waals surface area contributed by atoms with Gasteiger partial charge in [-0.2, -0.15) is 13.2 Å². The Labute approximate surface area is 148 Å². The molecule has 2 aliphatic rings. The summed E-state index contributed by atoms with van der Waals surface area (Å²) in [5, 5.41) is 2.47. The summed E-state index contributed by atoms with van der Waals surface area (Å²) in [6, 6.07) is 2.96. The molecule has 0 aromatic heterocycles. The van der Waals surface area contributed by atoms with Gasteiger partial charge >= 0.3 is 6.18 Å². The molecule has 136 valence electrons. The average molecular weight is 375 g/mol. The topological polar surface area (TPSA) is 49.4 Å². The van der Waals surface area contributed by atoms with Gasteiger partial charge in [-0.3, -0.25) is 9.59 Å². The second-order valence-electron chi connectivity index (χ2n) is 6.57. The number of carbonyl (C=O) groups is 2. The monoisotopic (exact) mass is 374 g/mol. The van der Waals surface area contributed by atoms with E-state index < -0.39 is 23.6 Å². The third-order valence-corrected chi connectivity index (χ3v) is 5.18. The number of benzene rings is 1. The van der Waals surface area contributed by atoms with E-state index in [1.54, 1.807) is 4.90 Å². The third-order valence-electron chi connectivity index (χ3n) is 4.85. The molecule has 1 atom stereocenters. The highest BCUT2D eigenvalue weighted by Gasteiger charge is 2.39. The first-order valence-corrected chi connectivity index (χ1v) is 8.60. The van der Waals surface area contributed by atoms with Crippen molar-refractivity contribution < 1.29 is 22.8 Å². The summed E-state index contributed by atoms with van der Waals surface area (Å²) in [6.07, 6.45) is -0.402. The van der Waals surface area contributed by atoms with E-state index in [9.17, 15) is 22.8 Å². The van der Waals surface area contributed by atoms with E-state index in [0.29, 0.717) is 6.54 Å². The molecular formula is C17H18ClF3N2O2. The van der Waals surface area contributed by atoms with E-state index in [2.05, 4.69) is 5.32 Å². The van der Waals surface area contributed by atoms with Gasteiger partial charge in [0.05, 0.1) is 22.2 Å². The smallest absolute Gasteiger partial charge is 0.339 e. The summed E-state index contributed by atoms with van der Waals surface area (Å²) in [5.74, 6) is -1.11. The molecular weight excluding hydrogens is 357 g/mol. The number of carbonyl (C=O) groups excluding carboxylic acids is 2. The first-order valence-electron chi connectivity index (χ1n) is 8.23. The minimum atomic E-state index is -4.52. The van der Waals surface area contributed by atoms with Crippen molar-refractivity contribution in [2.45, 2.75) is 44.3 Å². The lowest BCUT2D eigenvalue weighted by molar-refractivity contribution is -0.137. The normalized spacial score (nSPS) is 21.8. The Morgan fingerprint density at radius 1 is 1.24 bits per heavy atom. The van der Waals surface area contributed by atoms with Crippen molar-refractivity contribution in [3.63, 3.8) is 0 Å². The van der Waals surface area contributed by atoms with Crippen molar-refractivity contribution in [2.75, 3.05) is 11.9 Å². The quantitative estimate of drug-likeness (QED) is 0.866. The van der Waals surface area contributed by atoms with Crippen LogP contribution in [0.4, 0.5) is 18.9 Å². The fourth-order valence-electron chi connectivity index (χ4n) is 3.51. The van der Waals surface area contributed by atoms with Crippen molar-refractivity contribution in [3.05, 3.63) is 28.8 Å². The molecule has 3 rings (SSSR count). The molecule has 0 bridgehead atoms. The van der Waals surface area contributed by atoms with E-state index in [-0.39, 0.29) is 29.1 Å². The van der Waals surface area contributed by atoms with Crippen LogP contribution in [0.25, 0.3) is 0 Å². The maximum atomic E-state index is 12.8. The number of likely N-dealkylation sites (tertiary alicyclic amines) is 1. The van der Waals surface area contributed by atoms with Crippen LogP contribution >= 0.6 is 11.6 Å². The largest absolute Gasteiger partial charge is 0.416 e. The highest BCUT2D eigenvalue weighted by atomic mass is 35.5. The Hall–Kier alpha value is -1.76. The lowest BCUT2D eigenvalue weighted by atomic mass is 10.1. The first kappa shape index (κ1) is 18.0. The van der Waals surface area contributed by atoms with Crippen LogP contribution in [0.1, 0.15) is 37.7 Å². The maximum Gasteiger partial charge on any atom is 0.416 e. The molecule has 4 nitrogen and oxygen atoms in total. The van der Waals surface area contributed by atoms with Crippen molar-refractivity contribution >= 4 is 29.1 Å². The highest BCUT2D eigenvalue weighted by Crippen LogP contribution is 2.35. The lowest BCUT2D eigenvalue weighted by Gasteiger charge is -2.24. The molecule has 0 radical (unpaired) electrons. The van der Waals surface area contributed by atoms with Crippen LogP contribution in [0, 0.1) is 5.92 Å². The van der Waals surface area contributed by atoms with E-state index in [0.717, 1.165) is 43.9 Å². The average Bonchev–Trinajstić information content (AvgIpc) is 3.17. The number of nitrogens with one attached hydrogen (secondary N) is 1. The molecule has 1 aliphatic heterocycles. The standard InChI is InChI=1S/C17H18ClF3N2O2/c18-13-6-5-11(17(19,20)21)8-14(13)22-16(25)10-7-15(24)23(9-10)12-3-1-2-4-12/h5-6,8,10,12H,1-4,7,9H2,(H,22,25). The summed E-state index contributed by atoms with van der Waals surface area (Å²) >= 11 is 5.90. The van der Waals surface area contributed by atoms with E-state index in [4.69, 9.17) is 11.6 Å². The zero-order valence-electron chi connectivity index (χ0n) is 13.4. The van der Waals surface area contributed by atoms with Crippen molar-refractivity contribution in [3.8, 4) is 0 Å². The second kappa shape index (κ2) is 6.86. The number of halogens is 4. The summed E-state index contributed by atoms with van der Waals surface area (Å²) in [7, 11) is 0. The van der Waals surface area contributed by atoms with Crippen LogP contribution in [0.15, 0.2) is 18.2 Å². The molecule has 1 saturated heterocycles. The molecule has 1 aromatic carbocycles. The van der Waals surface area contributed by atoms with Gasteiger partial charge in [-0.1, -0.05) is 24.4 Å². The molecule has 1 heterocycles. The fourth-order valence-corrected chi connectivity index (χ4v) is 3.67. The number of nitrogens with zero attached hydrogens (tertiary/aromatic N) is 1. The number of alkyl halides is 3. The van der Waals surface area contributed by atoms with Gasteiger partial charge in [-0.25, -0.2) is 0 Å². The number of rotatable bonds is 3. The van der Waals surface area contributed by atoms with Crippen molar-refractivity contribution in [2.24, 2.45) is 5.92 Å². The molecule has 8 heteroatoms. The van der Waals surface area contributed by atoms with Crippen LogP contribution in [0.2, 0.25) is 5.02 Å². The van der Waals surface area contributed by atoms with Gasteiger partial charge < -0.3 is 10.2 Å². The van der Waals surface area contributed by atoms with Crippen LogP contribution in [0.5, 0.6) is 0 Å². The molecule has 1 unspecified atom stereocenters. The number of hydrogen-bond acceptors (Lipinski definition) is 2. The van der Waals surface area contributed by atoms with Gasteiger partial charge in [0, 0.05) is 19.0 Å². The summed E-state index contributed by atoms with van der Waals surface area (Å²) in [4.78, 5) is 26.3. The zero-order valence-corrected chi connectivity index (χ0v) is 14.2. The molecule has 2 amide bonds. The van der Waals surface area contributed by atoms with Crippen molar-refractivity contribution in [1.82, 2.24) is 4.90 Å². The zero-order chi connectivity index (χ0) is 18.2. The van der Waals surface area contributed by atoms with Crippen LogP contribution in [0.3, 0.4) is 0 Å². The predicted octanol–water partition coefficient (Wildman–Crippen LogP) is 4.09. The van der Waals surface area contributed by atoms with Gasteiger partial charge in [0.25, 0.3) is 0 Å². The Morgan fingerprint density at radius 3 is 2.56 bits per heavy atom. The first-order chi connectivity index (χ1) is 11.8. The number of anilines is 1. The van der Waals surface area contributed by atoms with E-state index in [1.165, 1.54) is 0 Å². The van der Waals surface area contributed by atoms with Crippen molar-refractivity contribution in [1.29, 1.82) is 0 Å². The summed E-state index contributed by atoms with van der Waals surface area (Å²) < 4.78 is 38.4. The van der Waals surface area contributed by atoms with E-state index >= 15 is 0 Å². The maximum absolute atomic E-state index is 12.8. The highest BCUT2D eigenvalue weighted by molar-refractivity contribution is 6.33. The molecule has 25 heavy (non-hydrogen) atoms. The molecule has 2 fully saturated rings. The Bertz CT molecular complexity index is 687. The Kier molecular flexibility index (Phi) is 4.95. The van der Waals surface area contributed by atoms with Gasteiger partial charge in [0.2, 0.25) is 11.8 Å². The Balaban J connectivity index is 1.69. The van der Waals surface area contributed by atoms with Crippen LogP contribution in [-0.4, -0.2) is 29.3 Å². The van der Waals surface area contributed by atoms with Crippen LogP contribution < -0.4 is 5.32 Å². The predicted molar refractivity (Wildman–Crippen MR) is 87.2 cm³/mol.